The highest BCUT2D eigenvalue weighted by Gasteiger charge is 2.54. The van der Waals surface area contributed by atoms with E-state index in [1.807, 2.05) is 4.57 Å². The quantitative estimate of drug-likeness (QED) is 0.372. The first-order chi connectivity index (χ1) is 16.8. The number of aromatic nitrogens is 4. The molecule has 37 heavy (non-hydrogen) atoms. The van der Waals surface area contributed by atoms with Gasteiger partial charge in [-0.2, -0.15) is 0 Å². The van der Waals surface area contributed by atoms with Crippen molar-refractivity contribution >= 4 is 33.6 Å². The monoisotopic (exact) mass is 551 g/mol. The van der Waals surface area contributed by atoms with Gasteiger partial charge in [0.15, 0.2) is 40.1 Å². The maximum Gasteiger partial charge on any atom is 0.195 e. The number of nitrogens with two attached hydrogens (primary N) is 1. The Morgan fingerprint density at radius 3 is 2.24 bits per heavy atom. The van der Waals surface area contributed by atoms with Crippen LogP contribution in [0.3, 0.4) is 0 Å². The second-order valence-corrected chi connectivity index (χ2v) is 23.4. The van der Waals surface area contributed by atoms with Gasteiger partial charge >= 0.3 is 0 Å². The molecule has 1 aliphatic heterocycles. The largest absolute Gasteiger partial charge is 0.411 e. The molecular weight excluding hydrogens is 502 g/mol. The van der Waals surface area contributed by atoms with Crippen LogP contribution in [0, 0.1) is 5.92 Å². The Bertz CT molecular complexity index is 1080. The van der Waals surface area contributed by atoms with E-state index in [0.717, 1.165) is 0 Å². The fourth-order valence-electron chi connectivity index (χ4n) is 3.75. The molecule has 11 heteroatoms. The fraction of sp³-hybridized carbons (Fsp3) is 0.808. The zero-order chi connectivity index (χ0) is 28.0. The van der Waals surface area contributed by atoms with Crippen molar-refractivity contribution < 1.29 is 18.3 Å². The minimum atomic E-state index is -2.16. The van der Waals surface area contributed by atoms with E-state index in [4.69, 9.17) is 24.1 Å². The number of rotatable bonds is 9. The smallest absolute Gasteiger partial charge is 0.195 e. The Morgan fingerprint density at radius 2 is 1.68 bits per heavy atom. The summed E-state index contributed by atoms with van der Waals surface area (Å²) in [5, 5.41) is 0.0963. The van der Waals surface area contributed by atoms with E-state index in [1.54, 1.807) is 6.33 Å². The van der Waals surface area contributed by atoms with Crippen LogP contribution in [0.2, 0.25) is 36.3 Å². The summed E-state index contributed by atoms with van der Waals surface area (Å²) >= 11 is 0. The zero-order valence-corrected chi connectivity index (χ0v) is 27.0. The Balaban J connectivity index is 2.05. The van der Waals surface area contributed by atoms with Crippen molar-refractivity contribution in [3.63, 3.8) is 0 Å². The van der Waals surface area contributed by atoms with Crippen LogP contribution >= 0.6 is 0 Å². The molecule has 1 fully saturated rings. The molecule has 1 saturated heterocycles. The molecule has 210 valence electrons. The molecule has 0 amide bonds. The SMILES string of the molecule is CC(C)CO[C@@]1(CO[Si](C)(C)C(C)(C)C)C[C@@H](O[Si](C)(C)C(C)(C)C)[C@H](n2cnc3c(N)ncnc32)O1. The van der Waals surface area contributed by atoms with Gasteiger partial charge < -0.3 is 24.1 Å². The molecule has 0 aliphatic carbocycles. The number of fused-ring (bicyclic) bond motifs is 1. The molecule has 1 aliphatic rings. The molecule has 0 bridgehead atoms. The zero-order valence-electron chi connectivity index (χ0n) is 25.0. The van der Waals surface area contributed by atoms with E-state index < -0.39 is 28.6 Å². The van der Waals surface area contributed by atoms with Crippen molar-refractivity contribution in [3.8, 4) is 0 Å². The second-order valence-electron chi connectivity index (χ2n) is 13.9. The highest BCUT2D eigenvalue weighted by molar-refractivity contribution is 6.74. The van der Waals surface area contributed by atoms with Crippen molar-refractivity contribution in [2.75, 3.05) is 18.9 Å². The fourth-order valence-corrected chi connectivity index (χ4v) is 6.08. The highest BCUT2D eigenvalue weighted by Crippen LogP contribution is 2.47. The highest BCUT2D eigenvalue weighted by atomic mass is 28.4. The second kappa shape index (κ2) is 10.3. The van der Waals surface area contributed by atoms with Crippen LogP contribution < -0.4 is 5.73 Å². The molecular formula is C26H49N5O4Si2. The van der Waals surface area contributed by atoms with Crippen LogP contribution in [0.25, 0.3) is 11.2 Å². The molecule has 3 rings (SSSR count). The molecule has 0 radical (unpaired) electrons. The average Bonchev–Trinajstić information content (AvgIpc) is 3.32. The average molecular weight is 552 g/mol. The van der Waals surface area contributed by atoms with Crippen molar-refractivity contribution in [2.24, 2.45) is 5.92 Å². The van der Waals surface area contributed by atoms with Gasteiger partial charge in [0.2, 0.25) is 0 Å². The molecule has 0 saturated carbocycles. The van der Waals surface area contributed by atoms with Gasteiger partial charge in [-0.15, -0.1) is 0 Å². The number of imidazole rings is 1. The number of ether oxygens (including phenoxy) is 2. The standard InChI is InChI=1S/C26H49N5O4Si2/c1-18(2)14-32-26(15-33-36(9,10)24(3,4)5)13-19(35-37(11,12)25(6,7)8)23(34-26)31-17-30-20-21(27)28-16-29-22(20)31/h16-19,23H,13-15H2,1-12H3,(H2,27,28,29)/t19-,23-,26+/m1/s1. The predicted octanol–water partition coefficient (Wildman–Crippen LogP) is 6.11. The van der Waals surface area contributed by atoms with E-state index in [2.05, 4.69) is 96.5 Å². The Labute approximate surface area is 225 Å². The number of nitrogens with zero attached hydrogens (tertiary/aromatic N) is 4. The molecule has 0 unspecified atom stereocenters. The minimum Gasteiger partial charge on any atom is -0.411 e. The van der Waals surface area contributed by atoms with Gasteiger partial charge in [-0.05, 0) is 42.2 Å². The summed E-state index contributed by atoms with van der Waals surface area (Å²) in [6.07, 6.45) is 2.95. The third-order valence-corrected chi connectivity index (χ3v) is 17.2. The molecule has 0 aromatic carbocycles. The van der Waals surface area contributed by atoms with E-state index in [1.165, 1.54) is 6.33 Å². The van der Waals surface area contributed by atoms with Crippen molar-refractivity contribution in [3.05, 3.63) is 12.7 Å². The maximum atomic E-state index is 7.01. The first-order valence-corrected chi connectivity index (χ1v) is 19.2. The molecule has 9 nitrogen and oxygen atoms in total. The third kappa shape index (κ3) is 6.44. The van der Waals surface area contributed by atoms with E-state index in [0.29, 0.717) is 42.5 Å². The summed E-state index contributed by atoms with van der Waals surface area (Å²) in [5.74, 6) is -0.270. The van der Waals surface area contributed by atoms with Gasteiger partial charge in [0, 0.05) is 6.42 Å². The summed E-state index contributed by atoms with van der Waals surface area (Å²) in [5.41, 5.74) is 7.27. The van der Waals surface area contributed by atoms with Crippen LogP contribution in [0.1, 0.15) is 68.0 Å². The normalized spacial score (nSPS) is 23.9. The topological polar surface area (TPSA) is 107 Å². The van der Waals surface area contributed by atoms with Crippen LogP contribution in [0.15, 0.2) is 12.7 Å². The van der Waals surface area contributed by atoms with Crippen LogP contribution in [-0.2, 0) is 18.3 Å². The Kier molecular flexibility index (Phi) is 8.40. The van der Waals surface area contributed by atoms with E-state index in [9.17, 15) is 0 Å². The summed E-state index contributed by atoms with van der Waals surface area (Å²) in [4.78, 5) is 13.1. The van der Waals surface area contributed by atoms with E-state index >= 15 is 0 Å². The number of hydrogen-bond donors (Lipinski definition) is 1. The predicted molar refractivity (Wildman–Crippen MR) is 153 cm³/mol. The molecule has 2 N–H and O–H groups in total. The Hall–Kier alpha value is -1.38. The number of hydrogen-bond acceptors (Lipinski definition) is 8. The van der Waals surface area contributed by atoms with Crippen molar-refractivity contribution in [1.82, 2.24) is 19.5 Å². The molecule has 2 aromatic rings. The minimum absolute atomic E-state index is 0.0306. The summed E-state index contributed by atoms with van der Waals surface area (Å²) in [7, 11) is -4.22. The number of nitrogen functional groups attached to an aromatic ring is 1. The first-order valence-electron chi connectivity index (χ1n) is 13.4. The first kappa shape index (κ1) is 30.2. The van der Waals surface area contributed by atoms with Crippen molar-refractivity contribution in [2.45, 2.75) is 116 Å². The van der Waals surface area contributed by atoms with Crippen LogP contribution in [-0.4, -0.2) is 61.3 Å². The summed E-state index contributed by atoms with van der Waals surface area (Å²) in [6, 6.07) is 0. The van der Waals surface area contributed by atoms with Gasteiger partial charge in [-0.3, -0.25) is 4.57 Å². The Morgan fingerprint density at radius 1 is 1.05 bits per heavy atom. The lowest BCUT2D eigenvalue weighted by atomic mass is 10.1. The lowest BCUT2D eigenvalue weighted by molar-refractivity contribution is -0.256. The lowest BCUT2D eigenvalue weighted by Gasteiger charge is -2.40. The van der Waals surface area contributed by atoms with E-state index in [-0.39, 0.29) is 16.2 Å². The van der Waals surface area contributed by atoms with Crippen molar-refractivity contribution in [1.29, 1.82) is 0 Å². The third-order valence-electron chi connectivity index (χ3n) is 8.22. The van der Waals surface area contributed by atoms with Gasteiger partial charge in [0.1, 0.15) is 11.8 Å². The van der Waals surface area contributed by atoms with Crippen LogP contribution in [0.4, 0.5) is 5.82 Å². The molecule has 3 atom stereocenters. The molecule has 3 heterocycles. The number of anilines is 1. The lowest BCUT2D eigenvalue weighted by Crippen LogP contribution is -2.48. The van der Waals surface area contributed by atoms with Crippen LogP contribution in [0.5, 0.6) is 0 Å². The van der Waals surface area contributed by atoms with Gasteiger partial charge in [0.05, 0.1) is 25.6 Å². The maximum absolute atomic E-state index is 7.01. The molecule has 0 spiro atoms. The van der Waals surface area contributed by atoms with Gasteiger partial charge in [-0.25, -0.2) is 15.0 Å². The summed E-state index contributed by atoms with van der Waals surface area (Å²) in [6.45, 7) is 27.7. The van der Waals surface area contributed by atoms with Gasteiger partial charge in [0.25, 0.3) is 0 Å². The molecule has 2 aromatic heterocycles. The van der Waals surface area contributed by atoms with Gasteiger partial charge in [-0.1, -0.05) is 55.4 Å². The summed E-state index contributed by atoms with van der Waals surface area (Å²) < 4.78 is 29.1.